The normalized spacial score (nSPS) is 11.3. The van der Waals surface area contributed by atoms with Crippen molar-refractivity contribution in [1.82, 2.24) is 4.57 Å². The molecule has 0 N–H and O–H groups in total. The average Bonchev–Trinajstić information content (AvgIpc) is 2.90. The number of nitrogens with zero attached hydrogens (tertiary/aromatic N) is 2. The number of pyridine rings is 1. The Bertz CT molecular complexity index is 1740. The number of halogens is 2. The Hall–Kier alpha value is -3.64. The number of benzene rings is 4. The van der Waals surface area contributed by atoms with E-state index < -0.39 is 0 Å². The van der Waals surface area contributed by atoms with E-state index >= 15 is 0 Å². The van der Waals surface area contributed by atoms with E-state index in [1.54, 1.807) is 48.0 Å². The van der Waals surface area contributed by atoms with Crippen LogP contribution in [-0.2, 0) is 7.05 Å². The fraction of sp³-hybridized carbons (Fsp3) is 0.0645. The number of hydrogen-bond acceptors (Lipinski definition) is 2. The highest BCUT2D eigenvalue weighted by molar-refractivity contribution is 7.59. The maximum Gasteiger partial charge on any atom is 0.277 e. The molecule has 1 amide bonds. The van der Waals surface area contributed by atoms with Crippen LogP contribution in [0, 0.1) is 6.92 Å². The lowest BCUT2D eigenvalue weighted by Crippen LogP contribution is -2.17. The van der Waals surface area contributed by atoms with Gasteiger partial charge < -0.3 is 4.57 Å². The number of rotatable bonds is 4. The summed E-state index contributed by atoms with van der Waals surface area (Å²) in [4.78, 5) is 30.5. The van der Waals surface area contributed by atoms with Gasteiger partial charge in [-0.25, -0.2) is 4.99 Å². The molecule has 1 heterocycles. The minimum atomic E-state index is -0.347. The highest BCUT2D eigenvalue weighted by Gasteiger charge is 2.15. The molecule has 1 aromatic heterocycles. The van der Waals surface area contributed by atoms with Crippen LogP contribution in [0.3, 0.4) is 0 Å². The van der Waals surface area contributed by atoms with Crippen LogP contribution in [0.5, 0.6) is 0 Å². The maximum atomic E-state index is 13.2. The summed E-state index contributed by atoms with van der Waals surface area (Å²) >= 11 is 12.4. The van der Waals surface area contributed by atoms with Gasteiger partial charge in [-0.3, -0.25) is 9.59 Å². The molecule has 0 aliphatic carbocycles. The monoisotopic (exact) mass is 558 g/mol. The molecule has 0 saturated heterocycles. The van der Waals surface area contributed by atoms with Gasteiger partial charge in [0.05, 0.1) is 11.2 Å². The second-order valence-electron chi connectivity index (χ2n) is 8.84. The molecule has 38 heavy (non-hydrogen) atoms. The number of carbonyl (C=O) groups is 1. The van der Waals surface area contributed by atoms with E-state index in [1.165, 1.54) is 0 Å². The zero-order valence-corrected chi connectivity index (χ0v) is 23.2. The quantitative estimate of drug-likeness (QED) is 0.213. The van der Waals surface area contributed by atoms with Gasteiger partial charge >= 0.3 is 0 Å². The summed E-state index contributed by atoms with van der Waals surface area (Å²) in [5, 5.41) is 2.01. The summed E-state index contributed by atoms with van der Waals surface area (Å²) in [5.41, 5.74) is 5.76. The van der Waals surface area contributed by atoms with Crippen LogP contribution in [0.25, 0.3) is 22.0 Å². The highest BCUT2D eigenvalue weighted by Crippen LogP contribution is 2.30. The van der Waals surface area contributed by atoms with E-state index in [-0.39, 0.29) is 25.0 Å². The van der Waals surface area contributed by atoms with Crippen molar-refractivity contribution in [3.8, 4) is 11.1 Å². The molecule has 0 radical (unpaired) electrons. The first kappa shape index (κ1) is 27.4. The third-order valence-electron chi connectivity index (χ3n) is 6.29. The Balaban J connectivity index is 0.00000336. The number of aliphatic imine (C=N–C) groups is 1. The van der Waals surface area contributed by atoms with Crippen LogP contribution in [0.2, 0.25) is 10.0 Å². The van der Waals surface area contributed by atoms with E-state index in [9.17, 15) is 9.59 Å². The Morgan fingerprint density at radius 3 is 2.11 bits per heavy atom. The second-order valence-corrected chi connectivity index (χ2v) is 9.71. The first-order valence-electron chi connectivity index (χ1n) is 11.7. The topological polar surface area (TPSA) is 51.4 Å². The Kier molecular flexibility index (Phi) is 8.22. The van der Waals surface area contributed by atoms with Crippen LogP contribution in [0.1, 0.15) is 27.0 Å². The minimum Gasteiger partial charge on any atom is -0.311 e. The van der Waals surface area contributed by atoms with Gasteiger partial charge in [0.15, 0.2) is 0 Å². The molecular formula is C31H24Cl2N2O2S. The molecule has 4 nitrogen and oxygen atoms in total. The minimum absolute atomic E-state index is 0. The average molecular weight is 560 g/mol. The smallest absolute Gasteiger partial charge is 0.277 e. The number of aromatic nitrogens is 1. The van der Waals surface area contributed by atoms with Crippen LogP contribution >= 0.6 is 36.7 Å². The maximum absolute atomic E-state index is 13.2. The van der Waals surface area contributed by atoms with Crippen molar-refractivity contribution in [1.29, 1.82) is 0 Å². The molecule has 0 aliphatic heterocycles. The van der Waals surface area contributed by atoms with Gasteiger partial charge in [-0.1, -0.05) is 71.2 Å². The fourth-order valence-corrected chi connectivity index (χ4v) is 4.59. The molecule has 0 atom stereocenters. The molecule has 5 aromatic rings. The molecule has 0 aliphatic rings. The van der Waals surface area contributed by atoms with Crippen LogP contribution in [-0.4, -0.2) is 16.2 Å². The van der Waals surface area contributed by atoms with Crippen LogP contribution in [0.4, 0.5) is 0 Å². The van der Waals surface area contributed by atoms with Gasteiger partial charge in [0.2, 0.25) is 0 Å². The molecular weight excluding hydrogens is 535 g/mol. The summed E-state index contributed by atoms with van der Waals surface area (Å²) in [6.07, 6.45) is 0. The Morgan fingerprint density at radius 2 is 1.42 bits per heavy atom. The van der Waals surface area contributed by atoms with Gasteiger partial charge in [0.25, 0.3) is 11.5 Å². The standard InChI is InChI=1S/C31H22Cl2N2O2.H2S/c1-19-6-8-21(9-7-19)31(37)34-30(20-10-13-24(32)14-11-20)23-12-15-28-27(17-23)26(18-29(36)35(28)2)22-4-3-5-25(33)16-22;/h3-18H,1-2H3;1H2. The first-order valence-corrected chi connectivity index (χ1v) is 12.4. The largest absolute Gasteiger partial charge is 0.311 e. The van der Waals surface area contributed by atoms with Crippen molar-refractivity contribution in [3.05, 3.63) is 140 Å². The molecule has 0 spiro atoms. The summed E-state index contributed by atoms with van der Waals surface area (Å²) in [6.45, 7) is 1.97. The lowest BCUT2D eigenvalue weighted by molar-refractivity contribution is 0.100. The predicted molar refractivity (Wildman–Crippen MR) is 163 cm³/mol. The Morgan fingerprint density at radius 1 is 0.763 bits per heavy atom. The van der Waals surface area contributed by atoms with E-state index in [1.807, 2.05) is 67.6 Å². The molecule has 190 valence electrons. The van der Waals surface area contributed by atoms with E-state index in [2.05, 4.69) is 4.99 Å². The fourth-order valence-electron chi connectivity index (χ4n) is 4.27. The molecule has 0 fully saturated rings. The third kappa shape index (κ3) is 5.60. The van der Waals surface area contributed by atoms with Crippen molar-refractivity contribution in [2.75, 3.05) is 0 Å². The van der Waals surface area contributed by atoms with Gasteiger partial charge in [0, 0.05) is 45.2 Å². The second kappa shape index (κ2) is 11.4. The molecule has 5 rings (SSSR count). The molecule has 0 saturated carbocycles. The highest BCUT2D eigenvalue weighted by atomic mass is 35.5. The lowest BCUT2D eigenvalue weighted by Gasteiger charge is -2.14. The third-order valence-corrected chi connectivity index (χ3v) is 6.77. The summed E-state index contributed by atoms with van der Waals surface area (Å²) in [6, 6.07) is 29.2. The zero-order valence-electron chi connectivity index (χ0n) is 20.7. The summed E-state index contributed by atoms with van der Waals surface area (Å²) < 4.78 is 1.60. The van der Waals surface area contributed by atoms with Gasteiger partial charge in [0.1, 0.15) is 0 Å². The SMILES string of the molecule is Cc1ccc(C(=O)N=C(c2ccc(Cl)cc2)c2ccc3c(c2)c(-c2cccc(Cl)c2)cc(=O)n3C)cc1.S. The van der Waals surface area contributed by atoms with Crippen molar-refractivity contribution in [2.45, 2.75) is 6.92 Å². The molecule has 0 bridgehead atoms. The van der Waals surface area contributed by atoms with Gasteiger partial charge in [-0.2, -0.15) is 13.5 Å². The molecule has 4 aromatic carbocycles. The predicted octanol–water partition coefficient (Wildman–Crippen LogP) is 7.61. The number of hydrogen-bond donors (Lipinski definition) is 0. The van der Waals surface area contributed by atoms with Gasteiger partial charge in [-0.05, 0) is 66.6 Å². The summed E-state index contributed by atoms with van der Waals surface area (Å²) in [5.74, 6) is -0.347. The van der Waals surface area contributed by atoms with E-state index in [4.69, 9.17) is 23.2 Å². The number of aryl methyl sites for hydroxylation is 2. The lowest BCUT2D eigenvalue weighted by atomic mass is 9.96. The van der Waals surface area contributed by atoms with Crippen LogP contribution < -0.4 is 5.56 Å². The zero-order chi connectivity index (χ0) is 26.1. The Labute approximate surface area is 237 Å². The first-order chi connectivity index (χ1) is 17.8. The summed E-state index contributed by atoms with van der Waals surface area (Å²) in [7, 11) is 1.74. The van der Waals surface area contributed by atoms with Crippen LogP contribution in [0.15, 0.2) is 107 Å². The molecule has 0 unspecified atom stereocenters. The van der Waals surface area contributed by atoms with Crippen molar-refractivity contribution in [2.24, 2.45) is 12.0 Å². The number of carbonyl (C=O) groups excluding carboxylic acids is 1. The van der Waals surface area contributed by atoms with E-state index in [0.29, 0.717) is 21.3 Å². The number of amides is 1. The molecule has 7 heteroatoms. The van der Waals surface area contributed by atoms with Crippen molar-refractivity contribution < 1.29 is 4.79 Å². The van der Waals surface area contributed by atoms with Crippen molar-refractivity contribution >= 4 is 59.2 Å². The van der Waals surface area contributed by atoms with E-state index in [0.717, 1.165) is 38.7 Å². The van der Waals surface area contributed by atoms with Gasteiger partial charge in [-0.15, -0.1) is 0 Å². The number of fused-ring (bicyclic) bond motifs is 1. The van der Waals surface area contributed by atoms with Crippen molar-refractivity contribution in [3.63, 3.8) is 0 Å².